The maximum atomic E-state index is 12.7. The number of likely N-dealkylation sites (tertiary alicyclic amines) is 1. The third-order valence-corrected chi connectivity index (χ3v) is 4.28. The van der Waals surface area contributed by atoms with E-state index in [1.807, 2.05) is 59.5 Å². The normalized spacial score (nSPS) is 18.2. The molecule has 2 aromatic carbocycles. The van der Waals surface area contributed by atoms with Gasteiger partial charge in [0.25, 0.3) is 5.91 Å². The monoisotopic (exact) mass is 295 g/mol. The van der Waals surface area contributed by atoms with Crippen LogP contribution >= 0.6 is 0 Å². The number of rotatable bonds is 3. The zero-order valence-electron chi connectivity index (χ0n) is 12.6. The number of hydrogen-bond acceptors (Lipinski definition) is 2. The Labute approximate surface area is 131 Å². The third kappa shape index (κ3) is 3.20. The van der Waals surface area contributed by atoms with E-state index in [4.69, 9.17) is 0 Å². The summed E-state index contributed by atoms with van der Waals surface area (Å²) in [6.07, 6.45) is 1.97. The summed E-state index contributed by atoms with van der Waals surface area (Å²) in [4.78, 5) is 14.6. The molecule has 2 aromatic rings. The summed E-state index contributed by atoms with van der Waals surface area (Å²) in [6, 6.07) is 17.9. The first-order valence-corrected chi connectivity index (χ1v) is 7.83. The van der Waals surface area contributed by atoms with Crippen LogP contribution in [0.15, 0.2) is 54.6 Å². The quantitative estimate of drug-likeness (QED) is 0.944. The Balaban J connectivity index is 1.81. The van der Waals surface area contributed by atoms with Crippen molar-refractivity contribution >= 4 is 5.91 Å². The molecule has 22 heavy (non-hydrogen) atoms. The van der Waals surface area contributed by atoms with E-state index in [1.165, 1.54) is 0 Å². The lowest BCUT2D eigenvalue weighted by molar-refractivity contribution is 0.0621. The van der Waals surface area contributed by atoms with Crippen LogP contribution in [0.1, 0.15) is 23.2 Å². The number of amides is 1. The molecule has 0 saturated carbocycles. The molecule has 1 heterocycles. The summed E-state index contributed by atoms with van der Waals surface area (Å²) >= 11 is 0. The first-order valence-electron chi connectivity index (χ1n) is 7.83. The number of aliphatic hydroxyl groups excluding tert-OH is 1. The summed E-state index contributed by atoms with van der Waals surface area (Å²) in [7, 11) is 0. The lowest BCUT2D eigenvalue weighted by Gasteiger charge is -2.32. The van der Waals surface area contributed by atoms with Crippen LogP contribution in [0, 0.1) is 5.92 Å². The maximum Gasteiger partial charge on any atom is 0.253 e. The van der Waals surface area contributed by atoms with Crippen molar-refractivity contribution in [2.24, 2.45) is 5.92 Å². The standard InChI is InChI=1S/C19H21NO2/c21-14-15-6-5-11-20(13-15)19(22)18-10-4-9-17(12-18)16-7-2-1-3-8-16/h1-4,7-10,12,15,21H,5-6,11,13-14H2. The van der Waals surface area contributed by atoms with Gasteiger partial charge in [0.15, 0.2) is 0 Å². The van der Waals surface area contributed by atoms with Crippen LogP contribution in [0.5, 0.6) is 0 Å². The molecule has 3 rings (SSSR count). The van der Waals surface area contributed by atoms with Crippen LogP contribution in [0.2, 0.25) is 0 Å². The van der Waals surface area contributed by atoms with E-state index >= 15 is 0 Å². The molecule has 3 nitrogen and oxygen atoms in total. The van der Waals surface area contributed by atoms with Crippen molar-refractivity contribution in [1.82, 2.24) is 4.90 Å². The molecular weight excluding hydrogens is 274 g/mol. The summed E-state index contributed by atoms with van der Waals surface area (Å²) in [5.41, 5.74) is 2.89. The third-order valence-electron chi connectivity index (χ3n) is 4.28. The fourth-order valence-corrected chi connectivity index (χ4v) is 3.04. The van der Waals surface area contributed by atoms with Crippen molar-refractivity contribution in [1.29, 1.82) is 0 Å². The second kappa shape index (κ2) is 6.75. The number of aliphatic hydroxyl groups is 1. The zero-order valence-corrected chi connectivity index (χ0v) is 12.6. The molecule has 1 amide bonds. The topological polar surface area (TPSA) is 40.5 Å². The van der Waals surface area contributed by atoms with Gasteiger partial charge in [0, 0.05) is 25.3 Å². The van der Waals surface area contributed by atoms with Gasteiger partial charge in [-0.15, -0.1) is 0 Å². The van der Waals surface area contributed by atoms with Gasteiger partial charge in [0.2, 0.25) is 0 Å². The minimum absolute atomic E-state index is 0.0657. The van der Waals surface area contributed by atoms with Gasteiger partial charge < -0.3 is 10.0 Å². The van der Waals surface area contributed by atoms with E-state index in [0.29, 0.717) is 6.54 Å². The van der Waals surface area contributed by atoms with E-state index in [1.54, 1.807) is 0 Å². The summed E-state index contributed by atoms with van der Waals surface area (Å²) in [6.45, 7) is 1.60. The summed E-state index contributed by atoms with van der Waals surface area (Å²) < 4.78 is 0. The van der Waals surface area contributed by atoms with Crippen molar-refractivity contribution < 1.29 is 9.90 Å². The van der Waals surface area contributed by atoms with Crippen LogP contribution < -0.4 is 0 Å². The lowest BCUT2D eigenvalue weighted by atomic mass is 9.97. The smallest absolute Gasteiger partial charge is 0.253 e. The molecule has 0 bridgehead atoms. The van der Waals surface area contributed by atoms with Crippen LogP contribution in [-0.2, 0) is 0 Å². The molecular formula is C19H21NO2. The number of benzene rings is 2. The second-order valence-corrected chi connectivity index (χ2v) is 5.89. The fourth-order valence-electron chi connectivity index (χ4n) is 3.04. The van der Waals surface area contributed by atoms with E-state index in [-0.39, 0.29) is 18.4 Å². The Kier molecular flexibility index (Phi) is 4.54. The number of piperidine rings is 1. The van der Waals surface area contributed by atoms with Crippen LogP contribution in [0.3, 0.4) is 0 Å². The second-order valence-electron chi connectivity index (χ2n) is 5.89. The number of nitrogens with zero attached hydrogens (tertiary/aromatic N) is 1. The SMILES string of the molecule is O=C(c1cccc(-c2ccccc2)c1)N1CCCC(CO)C1. The van der Waals surface area contributed by atoms with Gasteiger partial charge in [-0.2, -0.15) is 0 Å². The number of hydrogen-bond donors (Lipinski definition) is 1. The molecule has 1 saturated heterocycles. The van der Waals surface area contributed by atoms with Crippen molar-refractivity contribution in [3.05, 3.63) is 60.2 Å². The molecule has 1 unspecified atom stereocenters. The summed E-state index contributed by atoms with van der Waals surface area (Å²) in [5.74, 6) is 0.283. The van der Waals surface area contributed by atoms with Gasteiger partial charge >= 0.3 is 0 Å². The first-order chi connectivity index (χ1) is 10.8. The number of carbonyl (C=O) groups is 1. The Morgan fingerprint density at radius 3 is 2.64 bits per heavy atom. The molecule has 1 N–H and O–H groups in total. The van der Waals surface area contributed by atoms with Gasteiger partial charge in [-0.05, 0) is 42.0 Å². The molecule has 1 fully saturated rings. The largest absolute Gasteiger partial charge is 0.396 e. The van der Waals surface area contributed by atoms with Crippen molar-refractivity contribution in [2.45, 2.75) is 12.8 Å². The highest BCUT2D eigenvalue weighted by Gasteiger charge is 2.24. The Hall–Kier alpha value is -2.13. The van der Waals surface area contributed by atoms with Crippen molar-refractivity contribution in [2.75, 3.05) is 19.7 Å². The van der Waals surface area contributed by atoms with Gasteiger partial charge in [0.05, 0.1) is 0 Å². The van der Waals surface area contributed by atoms with E-state index in [0.717, 1.165) is 36.1 Å². The minimum Gasteiger partial charge on any atom is -0.396 e. The van der Waals surface area contributed by atoms with Crippen molar-refractivity contribution in [3.8, 4) is 11.1 Å². The van der Waals surface area contributed by atoms with Crippen LogP contribution in [0.4, 0.5) is 0 Å². The average Bonchev–Trinajstić information content (AvgIpc) is 2.62. The van der Waals surface area contributed by atoms with Crippen molar-refractivity contribution in [3.63, 3.8) is 0 Å². The fraction of sp³-hybridized carbons (Fsp3) is 0.316. The van der Waals surface area contributed by atoms with Gasteiger partial charge in [-0.25, -0.2) is 0 Å². The minimum atomic E-state index is 0.0657. The molecule has 0 aromatic heterocycles. The predicted octanol–water partition coefficient (Wildman–Crippen LogP) is 3.20. The molecule has 114 valence electrons. The highest BCUT2D eigenvalue weighted by atomic mass is 16.3. The lowest BCUT2D eigenvalue weighted by Crippen LogP contribution is -2.40. The molecule has 1 aliphatic heterocycles. The molecule has 0 spiro atoms. The van der Waals surface area contributed by atoms with E-state index in [2.05, 4.69) is 0 Å². The molecule has 1 aliphatic rings. The predicted molar refractivity (Wildman–Crippen MR) is 87.6 cm³/mol. The molecule has 0 radical (unpaired) electrons. The van der Waals surface area contributed by atoms with Gasteiger partial charge in [0.1, 0.15) is 0 Å². The Bertz CT molecular complexity index is 639. The average molecular weight is 295 g/mol. The Morgan fingerprint density at radius 2 is 1.86 bits per heavy atom. The van der Waals surface area contributed by atoms with Crippen LogP contribution in [0.25, 0.3) is 11.1 Å². The van der Waals surface area contributed by atoms with E-state index in [9.17, 15) is 9.90 Å². The number of carbonyl (C=O) groups excluding carboxylic acids is 1. The van der Waals surface area contributed by atoms with Gasteiger partial charge in [-0.1, -0.05) is 42.5 Å². The first kappa shape index (κ1) is 14.8. The highest BCUT2D eigenvalue weighted by molar-refractivity contribution is 5.95. The zero-order chi connectivity index (χ0) is 15.4. The van der Waals surface area contributed by atoms with Gasteiger partial charge in [-0.3, -0.25) is 4.79 Å². The molecule has 0 aliphatic carbocycles. The molecule has 3 heteroatoms. The highest BCUT2D eigenvalue weighted by Crippen LogP contribution is 2.22. The van der Waals surface area contributed by atoms with Crippen LogP contribution in [-0.4, -0.2) is 35.6 Å². The molecule has 1 atom stereocenters. The Morgan fingerprint density at radius 1 is 1.09 bits per heavy atom. The maximum absolute atomic E-state index is 12.7. The summed E-state index contributed by atoms with van der Waals surface area (Å²) in [5, 5.41) is 9.32. The van der Waals surface area contributed by atoms with E-state index < -0.39 is 0 Å².